The van der Waals surface area contributed by atoms with E-state index in [1.165, 1.54) is 7.11 Å². The van der Waals surface area contributed by atoms with Crippen LogP contribution in [0.5, 0.6) is 0 Å². The molecule has 0 spiro atoms. The standard InChI is InChI=1S/C9H8ClF3N2O2/c1-17-7(16)4-15-8-6(10)2-5(3-14-8)9(11,12)13/h2-3H,4H2,1H3,(H,14,15). The zero-order valence-corrected chi connectivity index (χ0v) is 9.39. The smallest absolute Gasteiger partial charge is 0.417 e. The maximum absolute atomic E-state index is 12.3. The number of ether oxygens (including phenoxy) is 1. The molecule has 0 bridgehead atoms. The lowest BCUT2D eigenvalue weighted by Crippen LogP contribution is -2.16. The van der Waals surface area contributed by atoms with E-state index >= 15 is 0 Å². The van der Waals surface area contributed by atoms with Gasteiger partial charge < -0.3 is 10.1 Å². The molecule has 0 saturated heterocycles. The Labute approximate surface area is 99.7 Å². The third-order valence-corrected chi connectivity index (χ3v) is 2.08. The van der Waals surface area contributed by atoms with E-state index in [0.29, 0.717) is 6.20 Å². The maximum Gasteiger partial charge on any atom is 0.417 e. The Kier molecular flexibility index (Phi) is 4.17. The normalized spacial score (nSPS) is 11.1. The van der Waals surface area contributed by atoms with Gasteiger partial charge in [-0.15, -0.1) is 0 Å². The number of aromatic nitrogens is 1. The third kappa shape index (κ3) is 3.77. The quantitative estimate of drug-likeness (QED) is 0.855. The fourth-order valence-corrected chi connectivity index (χ4v) is 1.18. The average molecular weight is 269 g/mol. The van der Waals surface area contributed by atoms with Crippen LogP contribution in [0, 0.1) is 0 Å². The molecule has 1 aromatic heterocycles. The summed E-state index contributed by atoms with van der Waals surface area (Å²) in [6.45, 7) is -0.228. The largest absolute Gasteiger partial charge is 0.468 e. The number of pyridine rings is 1. The van der Waals surface area contributed by atoms with E-state index in [-0.39, 0.29) is 17.4 Å². The van der Waals surface area contributed by atoms with Crippen LogP contribution in [0.2, 0.25) is 5.02 Å². The molecule has 0 unspecified atom stereocenters. The zero-order chi connectivity index (χ0) is 13.1. The van der Waals surface area contributed by atoms with Crippen LogP contribution in [0.3, 0.4) is 0 Å². The topological polar surface area (TPSA) is 51.2 Å². The van der Waals surface area contributed by atoms with Crippen molar-refractivity contribution in [3.05, 3.63) is 22.8 Å². The molecule has 94 valence electrons. The average Bonchev–Trinajstić information content (AvgIpc) is 2.25. The Balaban J connectivity index is 2.80. The first-order chi connectivity index (χ1) is 7.84. The Morgan fingerprint density at radius 3 is 2.71 bits per heavy atom. The maximum atomic E-state index is 12.3. The SMILES string of the molecule is COC(=O)CNc1ncc(C(F)(F)F)cc1Cl. The number of rotatable bonds is 3. The van der Waals surface area contributed by atoms with E-state index in [2.05, 4.69) is 15.0 Å². The van der Waals surface area contributed by atoms with Crippen LogP contribution in [0.25, 0.3) is 0 Å². The van der Waals surface area contributed by atoms with Crippen molar-refractivity contribution in [2.75, 3.05) is 19.0 Å². The monoisotopic (exact) mass is 268 g/mol. The minimum absolute atomic E-state index is 0.00920. The van der Waals surface area contributed by atoms with Crippen LogP contribution in [0.4, 0.5) is 19.0 Å². The molecule has 1 rings (SSSR count). The van der Waals surface area contributed by atoms with Crippen molar-refractivity contribution in [1.29, 1.82) is 0 Å². The van der Waals surface area contributed by atoms with Crippen LogP contribution >= 0.6 is 11.6 Å². The molecule has 0 aliphatic carbocycles. The highest BCUT2D eigenvalue weighted by Gasteiger charge is 2.31. The van der Waals surface area contributed by atoms with Crippen LogP contribution in [0.15, 0.2) is 12.3 Å². The van der Waals surface area contributed by atoms with Crippen molar-refractivity contribution in [2.24, 2.45) is 0 Å². The predicted octanol–water partition coefficient (Wildman–Crippen LogP) is 2.34. The molecule has 0 aliphatic rings. The summed E-state index contributed by atoms with van der Waals surface area (Å²) in [7, 11) is 1.19. The summed E-state index contributed by atoms with van der Waals surface area (Å²) >= 11 is 5.58. The van der Waals surface area contributed by atoms with Crippen LogP contribution in [-0.4, -0.2) is 24.6 Å². The van der Waals surface area contributed by atoms with Gasteiger partial charge in [0.15, 0.2) is 0 Å². The van der Waals surface area contributed by atoms with Gasteiger partial charge in [-0.1, -0.05) is 11.6 Å². The molecule has 17 heavy (non-hydrogen) atoms. The number of anilines is 1. The van der Waals surface area contributed by atoms with Crippen LogP contribution < -0.4 is 5.32 Å². The highest BCUT2D eigenvalue weighted by molar-refractivity contribution is 6.33. The number of alkyl halides is 3. The second kappa shape index (κ2) is 5.22. The Hall–Kier alpha value is -1.50. The first-order valence-corrected chi connectivity index (χ1v) is 4.76. The van der Waals surface area contributed by atoms with Gasteiger partial charge in [-0.3, -0.25) is 4.79 Å². The lowest BCUT2D eigenvalue weighted by Gasteiger charge is -2.09. The number of esters is 1. The first kappa shape index (κ1) is 13.6. The summed E-state index contributed by atoms with van der Waals surface area (Å²) in [5.41, 5.74) is -0.953. The lowest BCUT2D eigenvalue weighted by molar-refractivity contribution is -0.139. The summed E-state index contributed by atoms with van der Waals surface area (Å²) < 4.78 is 41.2. The summed E-state index contributed by atoms with van der Waals surface area (Å²) in [6, 6.07) is 0.730. The van der Waals surface area contributed by atoms with Gasteiger partial charge in [0, 0.05) is 6.20 Å². The number of hydrogen-bond acceptors (Lipinski definition) is 4. The number of nitrogens with zero attached hydrogens (tertiary/aromatic N) is 1. The number of carbonyl (C=O) groups is 1. The van der Waals surface area contributed by atoms with Gasteiger partial charge in [0.1, 0.15) is 12.4 Å². The molecular formula is C9H8ClF3N2O2. The van der Waals surface area contributed by atoms with Crippen molar-refractivity contribution in [2.45, 2.75) is 6.18 Å². The molecule has 0 saturated carbocycles. The molecule has 1 heterocycles. The van der Waals surface area contributed by atoms with E-state index < -0.39 is 17.7 Å². The molecule has 1 N–H and O–H groups in total. The highest BCUT2D eigenvalue weighted by Crippen LogP contribution is 2.32. The van der Waals surface area contributed by atoms with E-state index in [9.17, 15) is 18.0 Å². The van der Waals surface area contributed by atoms with Gasteiger partial charge >= 0.3 is 12.1 Å². The lowest BCUT2D eigenvalue weighted by atomic mass is 10.3. The van der Waals surface area contributed by atoms with E-state index in [4.69, 9.17) is 11.6 Å². The zero-order valence-electron chi connectivity index (χ0n) is 8.64. The number of carbonyl (C=O) groups excluding carboxylic acids is 1. The Morgan fingerprint density at radius 2 is 2.24 bits per heavy atom. The van der Waals surface area contributed by atoms with Gasteiger partial charge in [-0.2, -0.15) is 13.2 Å². The molecule has 8 heteroatoms. The Morgan fingerprint density at radius 1 is 1.59 bits per heavy atom. The molecule has 0 amide bonds. The van der Waals surface area contributed by atoms with Gasteiger partial charge in [0.05, 0.1) is 17.7 Å². The van der Waals surface area contributed by atoms with Gasteiger partial charge in [-0.25, -0.2) is 4.98 Å². The summed E-state index contributed by atoms with van der Waals surface area (Å²) in [5.74, 6) is -0.590. The molecule has 0 aliphatic heterocycles. The van der Waals surface area contributed by atoms with Gasteiger partial charge in [0.25, 0.3) is 0 Å². The number of nitrogens with one attached hydrogen (secondary N) is 1. The van der Waals surface area contributed by atoms with E-state index in [0.717, 1.165) is 6.07 Å². The molecule has 0 fully saturated rings. The summed E-state index contributed by atoms with van der Waals surface area (Å²) in [4.78, 5) is 14.3. The van der Waals surface area contributed by atoms with Gasteiger partial charge in [0.2, 0.25) is 0 Å². The molecular weight excluding hydrogens is 261 g/mol. The number of methoxy groups -OCH3 is 1. The van der Waals surface area contributed by atoms with Crippen LogP contribution in [-0.2, 0) is 15.7 Å². The van der Waals surface area contributed by atoms with E-state index in [1.54, 1.807) is 0 Å². The summed E-state index contributed by atoms with van der Waals surface area (Å²) in [6.07, 6.45) is -3.87. The minimum atomic E-state index is -4.50. The van der Waals surface area contributed by atoms with Crippen molar-refractivity contribution < 1.29 is 22.7 Å². The number of hydrogen-bond donors (Lipinski definition) is 1. The summed E-state index contributed by atoms with van der Waals surface area (Å²) in [5, 5.41) is 2.24. The number of halogens is 4. The first-order valence-electron chi connectivity index (χ1n) is 4.38. The predicted molar refractivity (Wildman–Crippen MR) is 54.8 cm³/mol. The molecule has 0 radical (unpaired) electrons. The van der Waals surface area contributed by atoms with Crippen molar-refractivity contribution in [1.82, 2.24) is 4.98 Å². The second-order valence-corrected chi connectivity index (χ2v) is 3.39. The van der Waals surface area contributed by atoms with Crippen LogP contribution in [0.1, 0.15) is 5.56 Å². The van der Waals surface area contributed by atoms with Crippen molar-refractivity contribution >= 4 is 23.4 Å². The van der Waals surface area contributed by atoms with Crippen molar-refractivity contribution in [3.8, 4) is 0 Å². The van der Waals surface area contributed by atoms with Gasteiger partial charge in [-0.05, 0) is 6.07 Å². The van der Waals surface area contributed by atoms with Crippen molar-refractivity contribution in [3.63, 3.8) is 0 Å². The Bertz CT molecular complexity index is 423. The van der Waals surface area contributed by atoms with E-state index in [1.807, 2.05) is 0 Å². The molecule has 0 aromatic carbocycles. The fraction of sp³-hybridized carbons (Fsp3) is 0.333. The fourth-order valence-electron chi connectivity index (χ4n) is 0.951. The molecule has 0 atom stereocenters. The molecule has 4 nitrogen and oxygen atoms in total. The highest BCUT2D eigenvalue weighted by atomic mass is 35.5. The second-order valence-electron chi connectivity index (χ2n) is 2.98. The third-order valence-electron chi connectivity index (χ3n) is 1.80. The molecule has 1 aromatic rings. The minimum Gasteiger partial charge on any atom is -0.468 e.